The van der Waals surface area contributed by atoms with Crippen molar-refractivity contribution in [3.05, 3.63) is 0 Å². The summed E-state index contributed by atoms with van der Waals surface area (Å²) < 4.78 is 0. The minimum Gasteiger partial charge on any atom is -0.369 e. The van der Waals surface area contributed by atoms with E-state index >= 15 is 0 Å². The second-order valence-corrected chi connectivity index (χ2v) is 6.87. The second-order valence-electron chi connectivity index (χ2n) is 6.22. The maximum Gasteiger partial charge on any atom is 0.221 e. The van der Waals surface area contributed by atoms with Gasteiger partial charge in [0.05, 0.1) is 5.92 Å². The maximum absolute atomic E-state index is 11.2. The Morgan fingerprint density at radius 1 is 1.53 bits per heavy atom. The standard InChI is InChI=1S/C13H25BrN2O/c1-13(2,3)11(7-14)9-16-6-4-5-10(8-16)12(15)17/h10-11H,4-9H2,1-3H3,(H2,15,17). The number of primary amides is 1. The smallest absolute Gasteiger partial charge is 0.221 e. The van der Waals surface area contributed by atoms with Gasteiger partial charge in [-0.15, -0.1) is 0 Å². The average Bonchev–Trinajstić information content (AvgIpc) is 2.24. The van der Waals surface area contributed by atoms with Crippen LogP contribution >= 0.6 is 15.9 Å². The van der Waals surface area contributed by atoms with Crippen LogP contribution in [0.4, 0.5) is 0 Å². The van der Waals surface area contributed by atoms with Crippen LogP contribution in [0.1, 0.15) is 33.6 Å². The fourth-order valence-electron chi connectivity index (χ4n) is 2.32. The van der Waals surface area contributed by atoms with Crippen LogP contribution < -0.4 is 5.73 Å². The summed E-state index contributed by atoms with van der Waals surface area (Å²) in [6.45, 7) is 9.81. The van der Waals surface area contributed by atoms with E-state index in [1.54, 1.807) is 0 Å². The number of nitrogens with two attached hydrogens (primary N) is 1. The third-order valence-electron chi connectivity index (χ3n) is 3.80. The summed E-state index contributed by atoms with van der Waals surface area (Å²) in [5.74, 6) is 0.523. The quantitative estimate of drug-likeness (QED) is 0.810. The van der Waals surface area contributed by atoms with Crippen LogP contribution in [0.5, 0.6) is 0 Å². The molecule has 17 heavy (non-hydrogen) atoms. The highest BCUT2D eigenvalue weighted by atomic mass is 79.9. The van der Waals surface area contributed by atoms with Crippen LogP contribution in [0.3, 0.4) is 0 Å². The second kappa shape index (κ2) is 6.19. The summed E-state index contributed by atoms with van der Waals surface area (Å²) in [6.07, 6.45) is 2.05. The van der Waals surface area contributed by atoms with Crippen molar-refractivity contribution < 1.29 is 4.79 Å². The SMILES string of the molecule is CC(C)(C)C(CBr)CN1CCCC(C(N)=O)C1. The molecule has 0 aromatic rings. The van der Waals surface area contributed by atoms with E-state index in [1.807, 2.05) is 0 Å². The fraction of sp³-hybridized carbons (Fsp3) is 0.923. The molecule has 1 aliphatic heterocycles. The van der Waals surface area contributed by atoms with Gasteiger partial charge < -0.3 is 10.6 Å². The van der Waals surface area contributed by atoms with Gasteiger partial charge in [0, 0.05) is 18.4 Å². The molecule has 100 valence electrons. The summed E-state index contributed by atoms with van der Waals surface area (Å²) >= 11 is 3.60. The molecule has 0 aliphatic carbocycles. The minimum atomic E-state index is -0.138. The molecule has 0 bridgehead atoms. The summed E-state index contributed by atoms with van der Waals surface area (Å²) in [5, 5.41) is 1.01. The molecule has 1 rings (SSSR count). The van der Waals surface area contributed by atoms with Gasteiger partial charge >= 0.3 is 0 Å². The molecular formula is C13H25BrN2O. The van der Waals surface area contributed by atoms with Crippen molar-refractivity contribution in [3.63, 3.8) is 0 Å². The summed E-state index contributed by atoms with van der Waals surface area (Å²) in [5.41, 5.74) is 5.70. The molecule has 1 amide bonds. The maximum atomic E-state index is 11.2. The number of likely N-dealkylation sites (tertiary alicyclic amines) is 1. The zero-order chi connectivity index (χ0) is 13.1. The first-order valence-corrected chi connectivity index (χ1v) is 7.54. The Kier molecular flexibility index (Phi) is 5.45. The lowest BCUT2D eigenvalue weighted by Gasteiger charge is -2.37. The lowest BCUT2D eigenvalue weighted by atomic mass is 9.81. The van der Waals surface area contributed by atoms with Crippen molar-refractivity contribution >= 4 is 21.8 Å². The van der Waals surface area contributed by atoms with E-state index in [9.17, 15) is 4.79 Å². The van der Waals surface area contributed by atoms with E-state index < -0.39 is 0 Å². The third kappa shape index (κ3) is 4.59. The molecule has 1 aliphatic rings. The molecule has 2 atom stereocenters. The van der Waals surface area contributed by atoms with Gasteiger partial charge in [0.15, 0.2) is 0 Å². The van der Waals surface area contributed by atoms with E-state index in [0.29, 0.717) is 11.3 Å². The monoisotopic (exact) mass is 304 g/mol. The van der Waals surface area contributed by atoms with E-state index in [4.69, 9.17) is 5.73 Å². The molecule has 1 saturated heterocycles. The highest BCUT2D eigenvalue weighted by Crippen LogP contribution is 2.29. The van der Waals surface area contributed by atoms with Gasteiger partial charge in [-0.05, 0) is 30.7 Å². The number of hydrogen-bond acceptors (Lipinski definition) is 2. The predicted octanol–water partition coefficient (Wildman–Crippen LogP) is 2.24. The molecule has 0 saturated carbocycles. The van der Waals surface area contributed by atoms with Crippen molar-refractivity contribution in [2.45, 2.75) is 33.6 Å². The zero-order valence-corrected chi connectivity index (χ0v) is 12.8. The van der Waals surface area contributed by atoms with Gasteiger partial charge in [-0.25, -0.2) is 0 Å². The number of halogens is 1. The minimum absolute atomic E-state index is 0.0553. The summed E-state index contributed by atoms with van der Waals surface area (Å²) in [4.78, 5) is 13.6. The molecular weight excluding hydrogens is 280 g/mol. The number of carbonyl (C=O) groups is 1. The van der Waals surface area contributed by atoms with E-state index in [0.717, 1.165) is 37.8 Å². The molecule has 0 aromatic heterocycles. The Bertz CT molecular complexity index is 263. The third-order valence-corrected chi connectivity index (χ3v) is 4.58. The zero-order valence-electron chi connectivity index (χ0n) is 11.2. The molecule has 2 unspecified atom stereocenters. The van der Waals surface area contributed by atoms with Gasteiger partial charge in [0.1, 0.15) is 0 Å². The number of piperidine rings is 1. The fourth-order valence-corrected chi connectivity index (χ4v) is 3.50. The first-order valence-electron chi connectivity index (χ1n) is 6.42. The van der Waals surface area contributed by atoms with Gasteiger partial charge in [0.25, 0.3) is 0 Å². The summed E-state index contributed by atoms with van der Waals surface area (Å²) in [7, 11) is 0. The van der Waals surface area contributed by atoms with E-state index in [-0.39, 0.29) is 11.8 Å². The van der Waals surface area contributed by atoms with Crippen molar-refractivity contribution in [1.29, 1.82) is 0 Å². The van der Waals surface area contributed by atoms with Crippen molar-refractivity contribution in [2.24, 2.45) is 23.0 Å². The Balaban J connectivity index is 2.53. The Morgan fingerprint density at radius 3 is 2.65 bits per heavy atom. The van der Waals surface area contributed by atoms with Crippen LogP contribution in [0, 0.1) is 17.3 Å². The van der Waals surface area contributed by atoms with Crippen molar-refractivity contribution in [1.82, 2.24) is 4.90 Å². The first-order chi connectivity index (χ1) is 7.84. The van der Waals surface area contributed by atoms with Crippen molar-refractivity contribution in [3.8, 4) is 0 Å². The lowest BCUT2D eigenvalue weighted by Crippen LogP contribution is -2.45. The molecule has 1 heterocycles. The molecule has 0 spiro atoms. The lowest BCUT2D eigenvalue weighted by molar-refractivity contribution is -0.123. The molecule has 1 fully saturated rings. The highest BCUT2D eigenvalue weighted by Gasteiger charge is 2.29. The average molecular weight is 305 g/mol. The predicted molar refractivity (Wildman–Crippen MR) is 75.1 cm³/mol. The number of rotatable bonds is 4. The van der Waals surface area contributed by atoms with Gasteiger partial charge in [-0.3, -0.25) is 4.79 Å². The largest absolute Gasteiger partial charge is 0.369 e. The number of hydrogen-bond donors (Lipinski definition) is 1. The molecule has 2 N–H and O–H groups in total. The highest BCUT2D eigenvalue weighted by molar-refractivity contribution is 9.09. The van der Waals surface area contributed by atoms with Crippen LogP contribution in [-0.4, -0.2) is 35.8 Å². The molecule has 0 aromatic carbocycles. The van der Waals surface area contributed by atoms with E-state index in [2.05, 4.69) is 41.6 Å². The normalized spacial score (nSPS) is 24.6. The van der Waals surface area contributed by atoms with Crippen LogP contribution in [0.15, 0.2) is 0 Å². The number of carbonyl (C=O) groups excluding carboxylic acids is 1. The van der Waals surface area contributed by atoms with Gasteiger partial charge in [-0.2, -0.15) is 0 Å². The molecule has 3 nitrogen and oxygen atoms in total. The Hall–Kier alpha value is -0.0900. The van der Waals surface area contributed by atoms with Crippen LogP contribution in [-0.2, 0) is 4.79 Å². The topological polar surface area (TPSA) is 46.3 Å². The van der Waals surface area contributed by atoms with Crippen molar-refractivity contribution in [2.75, 3.05) is 25.0 Å². The number of alkyl halides is 1. The van der Waals surface area contributed by atoms with E-state index in [1.165, 1.54) is 0 Å². The summed E-state index contributed by atoms with van der Waals surface area (Å²) in [6, 6.07) is 0. The van der Waals surface area contributed by atoms with Gasteiger partial charge in [0.2, 0.25) is 5.91 Å². The van der Waals surface area contributed by atoms with Gasteiger partial charge in [-0.1, -0.05) is 36.7 Å². The molecule has 4 heteroatoms. The molecule has 0 radical (unpaired) electrons. The number of amides is 1. The van der Waals surface area contributed by atoms with Crippen LogP contribution in [0.2, 0.25) is 0 Å². The Morgan fingerprint density at radius 2 is 2.18 bits per heavy atom. The van der Waals surface area contributed by atoms with Crippen LogP contribution in [0.25, 0.3) is 0 Å². The first kappa shape index (κ1) is 15.0. The Labute approximate surface area is 113 Å². The number of nitrogens with zero attached hydrogens (tertiary/aromatic N) is 1.